The van der Waals surface area contributed by atoms with Crippen LogP contribution in [0.2, 0.25) is 0 Å². The van der Waals surface area contributed by atoms with Crippen LogP contribution in [0.15, 0.2) is 0 Å². The van der Waals surface area contributed by atoms with Crippen molar-refractivity contribution in [1.29, 1.82) is 0 Å². The fourth-order valence-corrected chi connectivity index (χ4v) is 1.62. The van der Waals surface area contributed by atoms with E-state index in [4.69, 9.17) is 0 Å². The van der Waals surface area contributed by atoms with Crippen LogP contribution in [0.3, 0.4) is 0 Å². The summed E-state index contributed by atoms with van der Waals surface area (Å²) in [6.07, 6.45) is 5.97. The highest BCUT2D eigenvalue weighted by Crippen LogP contribution is 2.30. The molecule has 1 rings (SSSR count). The second-order valence-electron chi connectivity index (χ2n) is 6.81. The summed E-state index contributed by atoms with van der Waals surface area (Å²) in [5.74, 6) is 2.81. The van der Waals surface area contributed by atoms with E-state index >= 15 is 0 Å². The molecule has 0 aromatic carbocycles. The van der Waals surface area contributed by atoms with Crippen LogP contribution in [0.4, 0.5) is 0 Å². The van der Waals surface area contributed by atoms with Crippen molar-refractivity contribution in [2.45, 2.75) is 74.1 Å². The van der Waals surface area contributed by atoms with E-state index in [1.807, 2.05) is 0 Å². The lowest BCUT2D eigenvalue weighted by Gasteiger charge is -2.22. The Kier molecular flexibility index (Phi) is 6.55. The van der Waals surface area contributed by atoms with Crippen molar-refractivity contribution in [1.82, 2.24) is 0 Å². The SMILES string of the molecule is CC(C)C(C)(C)C.CC(C)C1CCCC1. The van der Waals surface area contributed by atoms with E-state index in [0.717, 1.165) is 17.8 Å². The van der Waals surface area contributed by atoms with Crippen molar-refractivity contribution >= 4 is 0 Å². The maximum atomic E-state index is 2.34. The zero-order valence-corrected chi connectivity index (χ0v) is 12.1. The molecule has 0 aliphatic heterocycles. The second-order valence-corrected chi connectivity index (χ2v) is 6.81. The number of hydrogen-bond donors (Lipinski definition) is 0. The first-order valence-electron chi connectivity index (χ1n) is 6.75. The van der Waals surface area contributed by atoms with Gasteiger partial charge in [-0.15, -0.1) is 0 Å². The molecule has 0 unspecified atom stereocenters. The average Bonchev–Trinajstić information content (AvgIpc) is 2.54. The highest BCUT2D eigenvalue weighted by atomic mass is 14.2. The van der Waals surface area contributed by atoms with Crippen molar-refractivity contribution < 1.29 is 0 Å². The van der Waals surface area contributed by atoms with Crippen LogP contribution >= 0.6 is 0 Å². The molecule has 0 nitrogen and oxygen atoms in total. The van der Waals surface area contributed by atoms with E-state index in [9.17, 15) is 0 Å². The molecule has 0 N–H and O–H groups in total. The zero-order valence-electron chi connectivity index (χ0n) is 12.1. The largest absolute Gasteiger partial charge is 0.0625 e. The molecule has 0 atom stereocenters. The van der Waals surface area contributed by atoms with Crippen LogP contribution < -0.4 is 0 Å². The van der Waals surface area contributed by atoms with Gasteiger partial charge in [-0.1, -0.05) is 74.1 Å². The fraction of sp³-hybridized carbons (Fsp3) is 1.00. The van der Waals surface area contributed by atoms with Crippen LogP contribution in [0.5, 0.6) is 0 Å². The van der Waals surface area contributed by atoms with E-state index in [1.165, 1.54) is 25.7 Å². The Balaban J connectivity index is 0.000000265. The lowest BCUT2D eigenvalue weighted by molar-refractivity contribution is 0.283. The van der Waals surface area contributed by atoms with Gasteiger partial charge in [0.1, 0.15) is 0 Å². The Morgan fingerprint density at radius 3 is 1.33 bits per heavy atom. The Morgan fingerprint density at radius 1 is 0.867 bits per heavy atom. The Morgan fingerprint density at radius 2 is 1.20 bits per heavy atom. The van der Waals surface area contributed by atoms with Gasteiger partial charge in [0.2, 0.25) is 0 Å². The van der Waals surface area contributed by atoms with Gasteiger partial charge in [0.05, 0.1) is 0 Å². The minimum Gasteiger partial charge on any atom is -0.0625 e. The monoisotopic (exact) mass is 212 g/mol. The first-order chi connectivity index (χ1) is 6.75. The quantitative estimate of drug-likeness (QED) is 0.537. The molecule has 0 heterocycles. The summed E-state index contributed by atoms with van der Waals surface area (Å²) < 4.78 is 0. The van der Waals surface area contributed by atoms with Gasteiger partial charge in [-0.25, -0.2) is 0 Å². The highest BCUT2D eigenvalue weighted by Gasteiger charge is 2.17. The smallest absolute Gasteiger partial charge is 0.0360 e. The van der Waals surface area contributed by atoms with Gasteiger partial charge >= 0.3 is 0 Å². The molecular weight excluding hydrogens is 180 g/mol. The summed E-state index contributed by atoms with van der Waals surface area (Å²) >= 11 is 0. The van der Waals surface area contributed by atoms with Crippen molar-refractivity contribution in [2.24, 2.45) is 23.2 Å². The van der Waals surface area contributed by atoms with Crippen LogP contribution in [0.25, 0.3) is 0 Å². The molecule has 0 amide bonds. The standard InChI is InChI=1S/C8H16.C7H16/c1-7(2)8-5-3-4-6-8;1-6(2)7(3,4)5/h7-8H,3-6H2,1-2H3;6H,1-5H3. The maximum Gasteiger partial charge on any atom is -0.0360 e. The molecule has 0 aromatic rings. The molecule has 0 heteroatoms. The van der Waals surface area contributed by atoms with Crippen molar-refractivity contribution in [2.75, 3.05) is 0 Å². The molecule has 0 bridgehead atoms. The first kappa shape index (κ1) is 15.0. The second kappa shape index (κ2) is 6.55. The topological polar surface area (TPSA) is 0 Å². The third-order valence-electron chi connectivity index (χ3n) is 4.07. The fourth-order valence-electron chi connectivity index (χ4n) is 1.62. The predicted octanol–water partition coefficient (Wildman–Crippen LogP) is 5.52. The maximum absolute atomic E-state index is 2.34. The van der Waals surface area contributed by atoms with E-state index in [2.05, 4.69) is 48.5 Å². The number of hydrogen-bond acceptors (Lipinski definition) is 0. The van der Waals surface area contributed by atoms with Gasteiger partial charge in [-0.2, -0.15) is 0 Å². The minimum absolute atomic E-state index is 0.500. The van der Waals surface area contributed by atoms with Crippen LogP contribution in [-0.4, -0.2) is 0 Å². The van der Waals surface area contributed by atoms with E-state index in [-0.39, 0.29) is 0 Å². The van der Waals surface area contributed by atoms with E-state index in [1.54, 1.807) is 0 Å². The summed E-state index contributed by atoms with van der Waals surface area (Å²) in [6, 6.07) is 0. The first-order valence-corrected chi connectivity index (χ1v) is 6.75. The van der Waals surface area contributed by atoms with Gasteiger partial charge in [0.25, 0.3) is 0 Å². The Hall–Kier alpha value is 0. The molecule has 0 saturated heterocycles. The Bertz CT molecular complexity index is 142. The van der Waals surface area contributed by atoms with Gasteiger partial charge in [-0.3, -0.25) is 0 Å². The molecule has 1 fully saturated rings. The van der Waals surface area contributed by atoms with Crippen molar-refractivity contribution in [3.63, 3.8) is 0 Å². The third kappa shape index (κ3) is 6.98. The molecule has 0 spiro atoms. The van der Waals surface area contributed by atoms with Crippen molar-refractivity contribution in [3.8, 4) is 0 Å². The van der Waals surface area contributed by atoms with E-state index < -0.39 is 0 Å². The molecule has 92 valence electrons. The highest BCUT2D eigenvalue weighted by molar-refractivity contribution is 4.69. The van der Waals surface area contributed by atoms with Crippen molar-refractivity contribution in [3.05, 3.63) is 0 Å². The molecule has 1 saturated carbocycles. The lowest BCUT2D eigenvalue weighted by atomic mass is 9.84. The predicted molar refractivity (Wildman–Crippen MR) is 71.1 cm³/mol. The molecule has 15 heavy (non-hydrogen) atoms. The van der Waals surface area contributed by atoms with E-state index in [0.29, 0.717) is 5.41 Å². The Labute approximate surface area is 97.8 Å². The number of rotatable bonds is 1. The molecular formula is C15H32. The van der Waals surface area contributed by atoms with Gasteiger partial charge in [0.15, 0.2) is 0 Å². The van der Waals surface area contributed by atoms with Crippen LogP contribution in [0, 0.1) is 23.2 Å². The average molecular weight is 212 g/mol. The summed E-state index contributed by atoms with van der Waals surface area (Å²) in [7, 11) is 0. The molecule has 1 aliphatic carbocycles. The van der Waals surface area contributed by atoms with Gasteiger partial charge in [-0.05, 0) is 23.2 Å². The molecule has 1 aliphatic rings. The summed E-state index contributed by atoms with van der Waals surface area (Å²) in [5.41, 5.74) is 0.500. The molecule has 0 radical (unpaired) electrons. The lowest BCUT2D eigenvalue weighted by Crippen LogP contribution is -2.12. The minimum atomic E-state index is 0.500. The normalized spacial score (nSPS) is 18.2. The summed E-state index contributed by atoms with van der Waals surface area (Å²) in [6.45, 7) is 16.0. The van der Waals surface area contributed by atoms with Crippen LogP contribution in [0.1, 0.15) is 74.1 Å². The van der Waals surface area contributed by atoms with Gasteiger partial charge < -0.3 is 0 Å². The summed E-state index contributed by atoms with van der Waals surface area (Å²) in [5, 5.41) is 0. The van der Waals surface area contributed by atoms with Crippen LogP contribution in [-0.2, 0) is 0 Å². The third-order valence-corrected chi connectivity index (χ3v) is 4.07. The summed E-state index contributed by atoms with van der Waals surface area (Å²) in [4.78, 5) is 0. The molecule has 0 aromatic heterocycles. The zero-order chi connectivity index (χ0) is 12.1. The van der Waals surface area contributed by atoms with Gasteiger partial charge in [0, 0.05) is 0 Å².